The fraction of sp³-hybridized carbons (Fsp3) is 0.368. The van der Waals surface area contributed by atoms with Gasteiger partial charge in [0.05, 0.1) is 11.4 Å². The number of nitrogens with zero attached hydrogens (tertiary/aromatic N) is 1. The van der Waals surface area contributed by atoms with E-state index in [4.69, 9.17) is 0 Å². The summed E-state index contributed by atoms with van der Waals surface area (Å²) in [6, 6.07) is 15.6. The number of rotatable bonds is 1. The maximum atomic E-state index is 3.63. The first-order chi connectivity index (χ1) is 10.3. The zero-order chi connectivity index (χ0) is 14.2. The van der Waals surface area contributed by atoms with Crippen LogP contribution in [0.4, 0.5) is 17.1 Å². The third kappa shape index (κ3) is 2.19. The number of hydrogen-bond donors (Lipinski definition) is 1. The molecule has 0 saturated carbocycles. The lowest BCUT2D eigenvalue weighted by molar-refractivity contribution is 0.562. The molecule has 0 saturated heterocycles. The quantitative estimate of drug-likeness (QED) is 0.833. The molecule has 2 aromatic rings. The van der Waals surface area contributed by atoms with Crippen molar-refractivity contribution in [1.29, 1.82) is 0 Å². The zero-order valence-corrected chi connectivity index (χ0v) is 12.6. The summed E-state index contributed by atoms with van der Waals surface area (Å²) in [7, 11) is 0. The zero-order valence-electron chi connectivity index (χ0n) is 12.6. The first-order valence-corrected chi connectivity index (χ1v) is 8.04. The van der Waals surface area contributed by atoms with Gasteiger partial charge in [-0.05, 0) is 48.4 Å². The Morgan fingerprint density at radius 3 is 2.76 bits per heavy atom. The highest BCUT2D eigenvalue weighted by molar-refractivity contribution is 5.81. The molecule has 0 radical (unpaired) electrons. The lowest BCUT2D eigenvalue weighted by Crippen LogP contribution is -2.31. The van der Waals surface area contributed by atoms with Gasteiger partial charge in [-0.25, -0.2) is 0 Å². The van der Waals surface area contributed by atoms with Crippen molar-refractivity contribution in [2.45, 2.75) is 26.2 Å². The number of benzene rings is 2. The van der Waals surface area contributed by atoms with Crippen LogP contribution in [0.3, 0.4) is 0 Å². The fourth-order valence-electron chi connectivity index (χ4n) is 3.74. The monoisotopic (exact) mass is 278 g/mol. The topological polar surface area (TPSA) is 15.3 Å². The maximum Gasteiger partial charge on any atom is 0.0649 e. The summed E-state index contributed by atoms with van der Waals surface area (Å²) >= 11 is 0. The predicted octanol–water partition coefficient (Wildman–Crippen LogP) is 4.38. The predicted molar refractivity (Wildman–Crippen MR) is 89.6 cm³/mol. The van der Waals surface area contributed by atoms with Gasteiger partial charge in [0.1, 0.15) is 0 Å². The Bertz CT molecular complexity index is 662. The molecule has 1 N–H and O–H groups in total. The van der Waals surface area contributed by atoms with Gasteiger partial charge in [-0.3, -0.25) is 0 Å². The Morgan fingerprint density at radius 2 is 1.81 bits per heavy atom. The number of nitrogens with one attached hydrogen (secondary N) is 1. The van der Waals surface area contributed by atoms with Gasteiger partial charge >= 0.3 is 0 Å². The normalized spacial score (nSPS) is 20.4. The first-order valence-electron chi connectivity index (χ1n) is 8.04. The van der Waals surface area contributed by atoms with Gasteiger partial charge in [0.15, 0.2) is 0 Å². The lowest BCUT2D eigenvalue weighted by atomic mass is 9.92. The third-order valence-corrected chi connectivity index (χ3v) is 4.69. The molecule has 0 bridgehead atoms. The van der Waals surface area contributed by atoms with Gasteiger partial charge in [0.2, 0.25) is 0 Å². The molecule has 2 nitrogen and oxygen atoms in total. The third-order valence-electron chi connectivity index (χ3n) is 4.69. The second kappa shape index (κ2) is 5.10. The molecule has 108 valence electrons. The summed E-state index contributed by atoms with van der Waals surface area (Å²) < 4.78 is 0. The summed E-state index contributed by atoms with van der Waals surface area (Å²) in [5.41, 5.74) is 7.04. The molecule has 2 heteroatoms. The number of fused-ring (bicyclic) bond motifs is 2. The van der Waals surface area contributed by atoms with Crippen LogP contribution in [0.2, 0.25) is 0 Å². The molecule has 0 fully saturated rings. The Hall–Kier alpha value is -1.96. The highest BCUT2D eigenvalue weighted by Crippen LogP contribution is 2.41. The van der Waals surface area contributed by atoms with E-state index in [1.165, 1.54) is 47.5 Å². The molecule has 2 aromatic carbocycles. The molecule has 2 aliphatic heterocycles. The molecule has 2 heterocycles. The van der Waals surface area contributed by atoms with E-state index in [0.29, 0.717) is 5.92 Å². The van der Waals surface area contributed by atoms with Gasteiger partial charge in [0, 0.05) is 18.8 Å². The van der Waals surface area contributed by atoms with Crippen LogP contribution in [0.15, 0.2) is 42.5 Å². The van der Waals surface area contributed by atoms with Gasteiger partial charge < -0.3 is 10.2 Å². The second-order valence-corrected chi connectivity index (χ2v) is 6.39. The standard InChI is InChI=1S/C19H22N2/c1-14-12-16-6-2-3-9-17(16)21(13-14)18-10-4-7-15-8-5-11-20-19(15)18/h2-4,6-7,9-10,14,20H,5,8,11-13H2,1H3. The van der Waals surface area contributed by atoms with Crippen molar-refractivity contribution in [3.63, 3.8) is 0 Å². The highest BCUT2D eigenvalue weighted by Gasteiger charge is 2.25. The summed E-state index contributed by atoms with van der Waals surface area (Å²) in [5, 5.41) is 3.63. The average Bonchev–Trinajstić information content (AvgIpc) is 2.53. The molecule has 1 atom stereocenters. The molecule has 21 heavy (non-hydrogen) atoms. The van der Waals surface area contributed by atoms with Crippen LogP contribution < -0.4 is 10.2 Å². The smallest absolute Gasteiger partial charge is 0.0649 e. The minimum atomic E-state index is 0.694. The van der Waals surface area contributed by atoms with Crippen LogP contribution in [0.25, 0.3) is 0 Å². The number of anilines is 3. The molecule has 1 unspecified atom stereocenters. The number of hydrogen-bond acceptors (Lipinski definition) is 2. The maximum absolute atomic E-state index is 3.63. The van der Waals surface area contributed by atoms with E-state index >= 15 is 0 Å². The Kier molecular flexibility index (Phi) is 3.10. The van der Waals surface area contributed by atoms with E-state index < -0.39 is 0 Å². The van der Waals surface area contributed by atoms with Crippen molar-refractivity contribution < 1.29 is 0 Å². The summed E-state index contributed by atoms with van der Waals surface area (Å²) in [5.74, 6) is 0.694. The second-order valence-electron chi connectivity index (χ2n) is 6.39. The number of para-hydroxylation sites is 2. The number of aryl methyl sites for hydroxylation is 1. The molecular weight excluding hydrogens is 256 g/mol. The van der Waals surface area contributed by atoms with E-state index in [9.17, 15) is 0 Å². The fourth-order valence-corrected chi connectivity index (χ4v) is 3.74. The van der Waals surface area contributed by atoms with E-state index in [2.05, 4.69) is 59.6 Å². The molecule has 2 aliphatic rings. The Balaban J connectivity index is 1.84. The van der Waals surface area contributed by atoms with Crippen molar-refractivity contribution in [2.24, 2.45) is 5.92 Å². The van der Waals surface area contributed by atoms with Crippen molar-refractivity contribution in [2.75, 3.05) is 23.3 Å². The van der Waals surface area contributed by atoms with Crippen molar-refractivity contribution >= 4 is 17.1 Å². The largest absolute Gasteiger partial charge is 0.383 e. The van der Waals surface area contributed by atoms with Gasteiger partial charge in [-0.1, -0.05) is 37.3 Å². The SMILES string of the molecule is CC1Cc2ccccc2N(c2cccc3c2NCCC3)C1. The van der Waals surface area contributed by atoms with Gasteiger partial charge in [-0.15, -0.1) is 0 Å². The molecule has 0 amide bonds. The van der Waals surface area contributed by atoms with Gasteiger partial charge in [0.25, 0.3) is 0 Å². The van der Waals surface area contributed by atoms with Crippen LogP contribution in [-0.4, -0.2) is 13.1 Å². The highest BCUT2D eigenvalue weighted by atomic mass is 15.2. The first kappa shape index (κ1) is 12.8. The summed E-state index contributed by atoms with van der Waals surface area (Å²) in [6.07, 6.45) is 3.62. The molecule has 0 spiro atoms. The van der Waals surface area contributed by atoms with Crippen molar-refractivity contribution in [3.8, 4) is 0 Å². The average molecular weight is 278 g/mol. The molecule has 0 aliphatic carbocycles. The van der Waals surface area contributed by atoms with Crippen molar-refractivity contribution in [3.05, 3.63) is 53.6 Å². The van der Waals surface area contributed by atoms with E-state index in [0.717, 1.165) is 13.1 Å². The summed E-state index contributed by atoms with van der Waals surface area (Å²) in [4.78, 5) is 2.51. The lowest BCUT2D eigenvalue weighted by Gasteiger charge is -2.37. The van der Waals surface area contributed by atoms with Crippen LogP contribution in [0, 0.1) is 5.92 Å². The van der Waals surface area contributed by atoms with Crippen LogP contribution in [0.5, 0.6) is 0 Å². The Morgan fingerprint density at radius 1 is 1.00 bits per heavy atom. The molecule has 0 aromatic heterocycles. The van der Waals surface area contributed by atoms with E-state index in [1.54, 1.807) is 0 Å². The van der Waals surface area contributed by atoms with E-state index in [1.807, 2.05) is 0 Å². The molecular formula is C19H22N2. The van der Waals surface area contributed by atoms with Crippen LogP contribution in [0.1, 0.15) is 24.5 Å². The van der Waals surface area contributed by atoms with E-state index in [-0.39, 0.29) is 0 Å². The van der Waals surface area contributed by atoms with Crippen LogP contribution in [-0.2, 0) is 12.8 Å². The van der Waals surface area contributed by atoms with Gasteiger partial charge in [-0.2, -0.15) is 0 Å². The molecule has 4 rings (SSSR count). The summed E-state index contributed by atoms with van der Waals surface area (Å²) in [6.45, 7) is 4.55. The Labute approximate surface area is 126 Å². The minimum absolute atomic E-state index is 0.694. The van der Waals surface area contributed by atoms with Crippen molar-refractivity contribution in [1.82, 2.24) is 0 Å². The van der Waals surface area contributed by atoms with Crippen LogP contribution >= 0.6 is 0 Å². The minimum Gasteiger partial charge on any atom is -0.383 e.